The Morgan fingerprint density at radius 3 is 2.43 bits per heavy atom. The zero-order chi connectivity index (χ0) is 26.1. The number of carbonyl (C=O) groups is 2. The maximum absolute atomic E-state index is 13.4. The van der Waals surface area contributed by atoms with Gasteiger partial charge in [-0.3, -0.25) is 9.69 Å². The van der Waals surface area contributed by atoms with Gasteiger partial charge in [-0.25, -0.2) is 14.2 Å². The third-order valence-electron chi connectivity index (χ3n) is 6.35. The molecule has 1 fully saturated rings. The standard InChI is InChI=1S/C29H24FN3O3S/c1-3-32-27(34)26(37-29(32)31-22-14-10-20(11-15-22)28(35)36)16-24-18(2)33(25-7-5-4-6-23(24)25)17-19-8-12-21(30)13-9-19/h4-16H,3,17H2,1-2H3,(H,35,36)/b26-16+,31-29?. The summed E-state index contributed by atoms with van der Waals surface area (Å²) in [5, 5.41) is 10.7. The van der Waals surface area contributed by atoms with Crippen LogP contribution in [0.5, 0.6) is 0 Å². The first-order valence-electron chi connectivity index (χ1n) is 11.8. The Morgan fingerprint density at radius 2 is 1.76 bits per heavy atom. The lowest BCUT2D eigenvalue weighted by Gasteiger charge is -2.12. The molecule has 37 heavy (non-hydrogen) atoms. The highest BCUT2D eigenvalue weighted by atomic mass is 32.2. The van der Waals surface area contributed by atoms with Gasteiger partial charge in [-0.15, -0.1) is 0 Å². The largest absolute Gasteiger partial charge is 0.478 e. The number of aliphatic imine (C=N–C) groups is 1. The number of hydrogen-bond acceptors (Lipinski definition) is 4. The number of aromatic nitrogens is 1. The molecule has 1 aromatic heterocycles. The van der Waals surface area contributed by atoms with Gasteiger partial charge in [0.05, 0.1) is 16.2 Å². The van der Waals surface area contributed by atoms with Gasteiger partial charge in [0.25, 0.3) is 5.91 Å². The number of carboxylic acid groups (broad SMARTS) is 1. The molecule has 3 aromatic carbocycles. The van der Waals surface area contributed by atoms with Crippen LogP contribution in [-0.4, -0.2) is 38.2 Å². The lowest BCUT2D eigenvalue weighted by Crippen LogP contribution is -2.28. The van der Waals surface area contributed by atoms with Crippen molar-refractivity contribution >= 4 is 51.5 Å². The van der Waals surface area contributed by atoms with Crippen molar-refractivity contribution in [3.8, 4) is 0 Å². The van der Waals surface area contributed by atoms with E-state index in [1.165, 1.54) is 36.0 Å². The van der Waals surface area contributed by atoms with Gasteiger partial charge in [0, 0.05) is 35.2 Å². The topological polar surface area (TPSA) is 74.9 Å². The number of amides is 1. The summed E-state index contributed by atoms with van der Waals surface area (Å²) < 4.78 is 15.6. The third-order valence-corrected chi connectivity index (χ3v) is 7.36. The van der Waals surface area contributed by atoms with E-state index in [0.717, 1.165) is 27.7 Å². The van der Waals surface area contributed by atoms with E-state index in [1.54, 1.807) is 29.2 Å². The van der Waals surface area contributed by atoms with Crippen LogP contribution in [0.4, 0.5) is 10.1 Å². The second-order valence-corrected chi connectivity index (χ2v) is 9.64. The van der Waals surface area contributed by atoms with Gasteiger partial charge in [0.2, 0.25) is 0 Å². The fraction of sp³-hybridized carbons (Fsp3) is 0.138. The zero-order valence-electron chi connectivity index (χ0n) is 20.3. The Bertz CT molecular complexity index is 1570. The molecule has 1 aliphatic rings. The molecule has 1 N–H and O–H groups in total. The summed E-state index contributed by atoms with van der Waals surface area (Å²) in [6, 6.07) is 20.8. The van der Waals surface area contributed by atoms with E-state index in [-0.39, 0.29) is 17.3 Å². The number of benzene rings is 3. The van der Waals surface area contributed by atoms with Crippen molar-refractivity contribution in [1.82, 2.24) is 9.47 Å². The number of carboxylic acids is 1. The summed E-state index contributed by atoms with van der Waals surface area (Å²) in [6.07, 6.45) is 1.92. The number of carbonyl (C=O) groups excluding carboxylic acids is 1. The summed E-state index contributed by atoms with van der Waals surface area (Å²) >= 11 is 1.30. The van der Waals surface area contributed by atoms with Gasteiger partial charge in [0.15, 0.2) is 5.17 Å². The lowest BCUT2D eigenvalue weighted by atomic mass is 10.1. The summed E-state index contributed by atoms with van der Waals surface area (Å²) in [6.45, 7) is 4.96. The maximum atomic E-state index is 13.4. The molecule has 0 atom stereocenters. The van der Waals surface area contributed by atoms with Crippen molar-refractivity contribution in [1.29, 1.82) is 0 Å². The van der Waals surface area contributed by atoms with Crippen LogP contribution in [0, 0.1) is 12.7 Å². The molecule has 186 valence electrons. The molecular formula is C29H24FN3O3S. The molecule has 0 bridgehead atoms. The van der Waals surface area contributed by atoms with Crippen molar-refractivity contribution in [2.75, 3.05) is 6.54 Å². The van der Waals surface area contributed by atoms with Gasteiger partial charge in [-0.2, -0.15) is 0 Å². The number of amidine groups is 1. The number of thioether (sulfide) groups is 1. The van der Waals surface area contributed by atoms with Crippen LogP contribution in [-0.2, 0) is 11.3 Å². The number of rotatable bonds is 6. The maximum Gasteiger partial charge on any atom is 0.335 e. The van der Waals surface area contributed by atoms with Crippen LogP contribution < -0.4 is 0 Å². The van der Waals surface area contributed by atoms with Gasteiger partial charge in [0.1, 0.15) is 5.82 Å². The minimum Gasteiger partial charge on any atom is -0.478 e. The van der Waals surface area contributed by atoms with E-state index in [0.29, 0.717) is 28.8 Å². The van der Waals surface area contributed by atoms with Crippen LogP contribution in [0.2, 0.25) is 0 Å². The number of para-hydroxylation sites is 1. The first-order valence-corrected chi connectivity index (χ1v) is 12.6. The first-order chi connectivity index (χ1) is 17.9. The summed E-state index contributed by atoms with van der Waals surface area (Å²) in [7, 11) is 0. The normalized spacial score (nSPS) is 15.9. The highest BCUT2D eigenvalue weighted by Gasteiger charge is 2.32. The van der Waals surface area contributed by atoms with E-state index in [2.05, 4.69) is 9.56 Å². The molecule has 8 heteroatoms. The number of aromatic carboxylic acids is 1. The molecule has 4 aromatic rings. The molecule has 1 saturated heterocycles. The monoisotopic (exact) mass is 513 g/mol. The van der Waals surface area contributed by atoms with Gasteiger partial charge in [-0.05, 0) is 79.7 Å². The Labute approximate surface area is 217 Å². The highest BCUT2D eigenvalue weighted by Crippen LogP contribution is 2.37. The molecule has 5 rings (SSSR count). The minimum absolute atomic E-state index is 0.122. The van der Waals surface area contributed by atoms with Crippen molar-refractivity contribution < 1.29 is 19.1 Å². The van der Waals surface area contributed by atoms with E-state index in [4.69, 9.17) is 5.11 Å². The quantitative estimate of drug-likeness (QED) is 0.300. The number of fused-ring (bicyclic) bond motifs is 1. The number of nitrogens with zero attached hydrogens (tertiary/aromatic N) is 3. The van der Waals surface area contributed by atoms with Gasteiger partial charge >= 0.3 is 5.97 Å². The molecule has 1 amide bonds. The van der Waals surface area contributed by atoms with Crippen LogP contribution in [0.15, 0.2) is 82.7 Å². The zero-order valence-corrected chi connectivity index (χ0v) is 21.1. The third kappa shape index (κ3) is 4.80. The summed E-state index contributed by atoms with van der Waals surface area (Å²) in [5.74, 6) is -1.39. The molecule has 2 heterocycles. The van der Waals surface area contributed by atoms with E-state index in [9.17, 15) is 14.0 Å². The van der Waals surface area contributed by atoms with Crippen LogP contribution in [0.3, 0.4) is 0 Å². The van der Waals surface area contributed by atoms with Crippen molar-refractivity contribution in [3.63, 3.8) is 0 Å². The molecular weight excluding hydrogens is 489 g/mol. The van der Waals surface area contributed by atoms with Crippen molar-refractivity contribution in [3.05, 3.63) is 106 Å². The number of likely N-dealkylation sites (N-methyl/N-ethyl adjacent to an activating group) is 1. The average molecular weight is 514 g/mol. The summed E-state index contributed by atoms with van der Waals surface area (Å²) in [4.78, 5) is 31.2. The first kappa shape index (κ1) is 24.5. The minimum atomic E-state index is -1.00. The Kier molecular flexibility index (Phi) is 6.67. The second-order valence-electron chi connectivity index (χ2n) is 8.64. The lowest BCUT2D eigenvalue weighted by molar-refractivity contribution is -0.122. The molecule has 0 saturated carbocycles. The second kappa shape index (κ2) is 10.1. The smallest absolute Gasteiger partial charge is 0.335 e. The molecule has 0 unspecified atom stereocenters. The van der Waals surface area contributed by atoms with E-state index in [1.807, 2.05) is 44.2 Å². The molecule has 1 aliphatic heterocycles. The summed E-state index contributed by atoms with van der Waals surface area (Å²) in [5.41, 5.74) is 4.73. The van der Waals surface area contributed by atoms with E-state index < -0.39 is 5.97 Å². The van der Waals surface area contributed by atoms with Crippen molar-refractivity contribution in [2.24, 2.45) is 4.99 Å². The molecule has 6 nitrogen and oxygen atoms in total. The van der Waals surface area contributed by atoms with Gasteiger partial charge in [-0.1, -0.05) is 30.3 Å². The van der Waals surface area contributed by atoms with Crippen LogP contribution >= 0.6 is 11.8 Å². The Hall–Kier alpha value is -4.17. The van der Waals surface area contributed by atoms with E-state index >= 15 is 0 Å². The highest BCUT2D eigenvalue weighted by molar-refractivity contribution is 8.18. The number of hydrogen-bond donors (Lipinski definition) is 1. The van der Waals surface area contributed by atoms with Crippen LogP contribution in [0.25, 0.3) is 17.0 Å². The SMILES string of the molecule is CCN1C(=O)/C(=C\c2c(C)n(Cc3ccc(F)cc3)c3ccccc23)SC1=Nc1ccc(C(=O)O)cc1. The molecule has 0 aliphatic carbocycles. The predicted octanol–water partition coefficient (Wildman–Crippen LogP) is 6.46. The predicted molar refractivity (Wildman–Crippen MR) is 146 cm³/mol. The Morgan fingerprint density at radius 1 is 1.05 bits per heavy atom. The van der Waals surface area contributed by atoms with Gasteiger partial charge < -0.3 is 9.67 Å². The fourth-order valence-electron chi connectivity index (χ4n) is 4.41. The van der Waals surface area contributed by atoms with Crippen molar-refractivity contribution in [2.45, 2.75) is 20.4 Å². The van der Waals surface area contributed by atoms with Crippen LogP contribution in [0.1, 0.15) is 34.1 Å². The fourth-order valence-corrected chi connectivity index (χ4v) is 5.45. The molecule has 0 spiro atoms. The molecule has 0 radical (unpaired) electrons. The number of halogens is 1. The average Bonchev–Trinajstić information content (AvgIpc) is 3.33. The Balaban J connectivity index is 1.52.